The molecule has 4 heteroatoms. The van der Waals surface area contributed by atoms with Crippen LogP contribution in [0.25, 0.3) is 10.4 Å². The Morgan fingerprint density at radius 2 is 2.06 bits per heavy atom. The molecule has 0 amide bonds. The Hall–Kier alpha value is -1.68. The van der Waals surface area contributed by atoms with Gasteiger partial charge in [-0.2, -0.15) is 0 Å². The number of Topliss-reactive ketones (excluding diaryl/α,β-unsaturated/α-hetero) is 1. The quantitative estimate of drug-likeness (QED) is 0.777. The fourth-order valence-electron chi connectivity index (χ4n) is 1.57. The Bertz CT molecular complexity index is 516. The van der Waals surface area contributed by atoms with Crippen LogP contribution in [0.15, 0.2) is 29.8 Å². The molecule has 0 fully saturated rings. The number of ether oxygens (including phenoxy) is 1. The summed E-state index contributed by atoms with van der Waals surface area (Å²) in [4.78, 5) is 16.4. The van der Waals surface area contributed by atoms with Crippen molar-refractivity contribution in [2.75, 3.05) is 6.61 Å². The summed E-state index contributed by atoms with van der Waals surface area (Å²) in [5.74, 6) is 0.834. The van der Waals surface area contributed by atoms with Crippen molar-refractivity contribution in [1.82, 2.24) is 4.98 Å². The van der Waals surface area contributed by atoms with E-state index in [1.54, 1.807) is 5.51 Å². The predicted octanol–water partition coefficient (Wildman–Crippen LogP) is 3.41. The molecule has 3 nitrogen and oxygen atoms in total. The minimum absolute atomic E-state index is 0.00450. The summed E-state index contributed by atoms with van der Waals surface area (Å²) < 4.78 is 5.38. The lowest BCUT2D eigenvalue weighted by Crippen LogP contribution is -1.94. The van der Waals surface area contributed by atoms with Gasteiger partial charge < -0.3 is 4.74 Å². The highest BCUT2D eigenvalue weighted by atomic mass is 32.1. The molecule has 0 N–H and O–H groups in total. The van der Waals surface area contributed by atoms with Gasteiger partial charge >= 0.3 is 0 Å². The van der Waals surface area contributed by atoms with E-state index >= 15 is 0 Å². The number of hydrogen-bond acceptors (Lipinski definition) is 4. The van der Waals surface area contributed by atoms with Crippen LogP contribution in [-0.4, -0.2) is 17.4 Å². The lowest BCUT2D eigenvalue weighted by molar-refractivity contribution is 0.101. The minimum Gasteiger partial charge on any atom is -0.494 e. The molecule has 0 aliphatic heterocycles. The summed E-state index contributed by atoms with van der Waals surface area (Å²) in [5.41, 5.74) is 3.24. The zero-order valence-corrected chi connectivity index (χ0v) is 10.6. The van der Waals surface area contributed by atoms with Crippen molar-refractivity contribution in [1.29, 1.82) is 0 Å². The highest BCUT2D eigenvalue weighted by Crippen LogP contribution is 2.29. The average Bonchev–Trinajstić information content (AvgIpc) is 2.79. The summed E-state index contributed by atoms with van der Waals surface area (Å²) in [6.07, 6.45) is 0. The summed E-state index contributed by atoms with van der Waals surface area (Å²) in [5, 5.41) is 0. The third-order valence-electron chi connectivity index (χ3n) is 2.33. The van der Waals surface area contributed by atoms with E-state index < -0.39 is 0 Å². The standard InChI is InChI=1S/C13H13NO2S/c1-3-16-11-6-4-10(5-7-11)13-12(9(2)15)14-8-17-13/h4-8H,3H2,1-2H3. The van der Waals surface area contributed by atoms with Crippen molar-refractivity contribution < 1.29 is 9.53 Å². The molecule has 0 atom stereocenters. The predicted molar refractivity (Wildman–Crippen MR) is 68.7 cm³/mol. The number of carbonyl (C=O) groups excluding carboxylic acids is 1. The topological polar surface area (TPSA) is 39.2 Å². The third-order valence-corrected chi connectivity index (χ3v) is 3.20. The van der Waals surface area contributed by atoms with Crippen LogP contribution in [0.1, 0.15) is 24.3 Å². The highest BCUT2D eigenvalue weighted by molar-refractivity contribution is 7.13. The van der Waals surface area contributed by atoms with Gasteiger partial charge in [0.15, 0.2) is 5.78 Å². The van der Waals surface area contributed by atoms with Gasteiger partial charge in [0.1, 0.15) is 11.4 Å². The number of thiazole rings is 1. The van der Waals surface area contributed by atoms with Crippen molar-refractivity contribution in [3.05, 3.63) is 35.5 Å². The van der Waals surface area contributed by atoms with E-state index in [4.69, 9.17) is 4.74 Å². The van der Waals surface area contributed by atoms with Gasteiger partial charge in [0, 0.05) is 6.92 Å². The van der Waals surface area contributed by atoms with Crippen molar-refractivity contribution in [2.24, 2.45) is 0 Å². The van der Waals surface area contributed by atoms with Crippen LogP contribution in [0.5, 0.6) is 5.75 Å². The first-order chi connectivity index (χ1) is 8.22. The zero-order valence-electron chi connectivity index (χ0n) is 9.77. The molecule has 1 heterocycles. The Morgan fingerprint density at radius 1 is 1.35 bits per heavy atom. The lowest BCUT2D eigenvalue weighted by atomic mass is 10.1. The number of carbonyl (C=O) groups is 1. The van der Waals surface area contributed by atoms with E-state index in [-0.39, 0.29) is 5.78 Å². The van der Waals surface area contributed by atoms with Crippen LogP contribution in [0, 0.1) is 0 Å². The van der Waals surface area contributed by atoms with Gasteiger partial charge in [-0.3, -0.25) is 4.79 Å². The molecule has 0 unspecified atom stereocenters. The molecule has 2 rings (SSSR count). The van der Waals surface area contributed by atoms with E-state index in [0.717, 1.165) is 16.2 Å². The molecule has 0 aliphatic rings. The molecular formula is C13H13NO2S. The largest absolute Gasteiger partial charge is 0.494 e. The molecule has 17 heavy (non-hydrogen) atoms. The molecule has 1 aromatic heterocycles. The molecule has 0 saturated carbocycles. The molecule has 0 spiro atoms. The normalized spacial score (nSPS) is 10.2. The number of aromatic nitrogens is 1. The van der Waals surface area contributed by atoms with Gasteiger partial charge in [-0.25, -0.2) is 4.98 Å². The molecule has 0 radical (unpaired) electrons. The molecular weight excluding hydrogens is 234 g/mol. The maximum absolute atomic E-state index is 11.4. The molecule has 1 aromatic carbocycles. The van der Waals surface area contributed by atoms with E-state index in [1.165, 1.54) is 18.3 Å². The van der Waals surface area contributed by atoms with Crippen molar-refractivity contribution in [3.8, 4) is 16.2 Å². The molecule has 0 aliphatic carbocycles. The second kappa shape index (κ2) is 5.10. The van der Waals surface area contributed by atoms with E-state index in [2.05, 4.69) is 4.98 Å². The maximum Gasteiger partial charge on any atom is 0.179 e. The number of ketones is 1. The van der Waals surface area contributed by atoms with Gasteiger partial charge in [-0.1, -0.05) is 0 Å². The number of rotatable bonds is 4. The number of hydrogen-bond donors (Lipinski definition) is 0. The number of nitrogens with zero attached hydrogens (tertiary/aromatic N) is 1. The van der Waals surface area contributed by atoms with Crippen LogP contribution < -0.4 is 4.74 Å². The minimum atomic E-state index is -0.00450. The number of benzene rings is 1. The van der Waals surface area contributed by atoms with E-state index in [0.29, 0.717) is 12.3 Å². The van der Waals surface area contributed by atoms with Crippen LogP contribution in [-0.2, 0) is 0 Å². The Kier molecular flexibility index (Phi) is 3.54. The van der Waals surface area contributed by atoms with Gasteiger partial charge in [0.05, 0.1) is 17.0 Å². The molecule has 0 bridgehead atoms. The molecule has 88 valence electrons. The van der Waals surface area contributed by atoms with Gasteiger partial charge in [-0.15, -0.1) is 11.3 Å². The fraction of sp³-hybridized carbons (Fsp3) is 0.231. The SMILES string of the molecule is CCOc1ccc(-c2scnc2C(C)=O)cc1. The first-order valence-corrected chi connectivity index (χ1v) is 6.28. The Balaban J connectivity index is 2.33. The lowest BCUT2D eigenvalue weighted by Gasteiger charge is -2.04. The monoisotopic (exact) mass is 247 g/mol. The smallest absolute Gasteiger partial charge is 0.179 e. The van der Waals surface area contributed by atoms with Gasteiger partial charge in [-0.05, 0) is 36.8 Å². The second-order valence-corrected chi connectivity index (χ2v) is 4.40. The molecule has 0 saturated heterocycles. The summed E-state index contributed by atoms with van der Waals surface area (Å²) in [6, 6.07) is 7.71. The Morgan fingerprint density at radius 3 is 2.65 bits per heavy atom. The summed E-state index contributed by atoms with van der Waals surface area (Å²) >= 11 is 1.48. The molecule has 2 aromatic rings. The zero-order chi connectivity index (χ0) is 12.3. The van der Waals surface area contributed by atoms with Crippen molar-refractivity contribution in [3.63, 3.8) is 0 Å². The Labute approximate surface area is 104 Å². The fourth-order valence-corrected chi connectivity index (χ4v) is 2.41. The van der Waals surface area contributed by atoms with Crippen LogP contribution in [0.3, 0.4) is 0 Å². The van der Waals surface area contributed by atoms with Crippen LogP contribution in [0.2, 0.25) is 0 Å². The van der Waals surface area contributed by atoms with Gasteiger partial charge in [0.2, 0.25) is 0 Å². The van der Waals surface area contributed by atoms with Crippen LogP contribution >= 0.6 is 11.3 Å². The average molecular weight is 247 g/mol. The van der Waals surface area contributed by atoms with E-state index in [1.807, 2.05) is 31.2 Å². The summed E-state index contributed by atoms with van der Waals surface area (Å²) in [6.45, 7) is 4.14. The first kappa shape index (κ1) is 11.8. The van der Waals surface area contributed by atoms with Crippen LogP contribution in [0.4, 0.5) is 0 Å². The third kappa shape index (κ3) is 2.53. The maximum atomic E-state index is 11.4. The van der Waals surface area contributed by atoms with Gasteiger partial charge in [0.25, 0.3) is 0 Å². The first-order valence-electron chi connectivity index (χ1n) is 5.40. The summed E-state index contributed by atoms with van der Waals surface area (Å²) in [7, 11) is 0. The van der Waals surface area contributed by atoms with E-state index in [9.17, 15) is 4.79 Å². The highest BCUT2D eigenvalue weighted by Gasteiger charge is 2.12. The second-order valence-electron chi connectivity index (χ2n) is 3.54. The van der Waals surface area contributed by atoms with Crippen molar-refractivity contribution >= 4 is 17.1 Å². The van der Waals surface area contributed by atoms with Crippen molar-refractivity contribution in [2.45, 2.75) is 13.8 Å².